The molecule has 0 radical (unpaired) electrons. The second-order valence-corrected chi connectivity index (χ2v) is 8.75. The van der Waals surface area contributed by atoms with Crippen LogP contribution >= 0.6 is 0 Å². The van der Waals surface area contributed by atoms with E-state index in [1.165, 1.54) is 55.3 Å². The summed E-state index contributed by atoms with van der Waals surface area (Å²) in [6.07, 6.45) is 3.75. The van der Waals surface area contributed by atoms with Crippen molar-refractivity contribution in [2.45, 2.75) is 13.8 Å². The fourth-order valence-corrected chi connectivity index (χ4v) is 4.90. The molecule has 0 aliphatic heterocycles. The van der Waals surface area contributed by atoms with Crippen LogP contribution < -0.4 is 0 Å². The van der Waals surface area contributed by atoms with Gasteiger partial charge in [0.05, 0.1) is 11.0 Å². The van der Waals surface area contributed by atoms with Gasteiger partial charge >= 0.3 is 0 Å². The summed E-state index contributed by atoms with van der Waals surface area (Å²) in [6.45, 7) is 4.33. The maximum absolute atomic E-state index is 4.32. The van der Waals surface area contributed by atoms with Crippen LogP contribution in [-0.2, 0) is 0 Å². The predicted molar refractivity (Wildman–Crippen MR) is 139 cm³/mol. The highest BCUT2D eigenvalue weighted by molar-refractivity contribution is 6.11. The van der Waals surface area contributed by atoms with Crippen molar-refractivity contribution in [1.29, 1.82) is 0 Å². The lowest BCUT2D eigenvalue weighted by Crippen LogP contribution is -1.95. The number of pyridine rings is 1. The van der Waals surface area contributed by atoms with Crippen LogP contribution in [0.5, 0.6) is 0 Å². The first-order valence-corrected chi connectivity index (χ1v) is 11.3. The molecule has 6 aromatic rings. The van der Waals surface area contributed by atoms with Crippen LogP contribution in [0.1, 0.15) is 11.1 Å². The summed E-state index contributed by atoms with van der Waals surface area (Å²) < 4.78 is 2.40. The van der Waals surface area contributed by atoms with Gasteiger partial charge in [0.15, 0.2) is 0 Å². The number of fused-ring (bicyclic) bond motifs is 3. The van der Waals surface area contributed by atoms with E-state index in [-0.39, 0.29) is 0 Å². The van der Waals surface area contributed by atoms with Crippen LogP contribution in [0.4, 0.5) is 0 Å². The Labute approximate surface area is 193 Å². The molecule has 0 saturated heterocycles. The van der Waals surface area contributed by atoms with Crippen molar-refractivity contribution in [3.63, 3.8) is 0 Å². The van der Waals surface area contributed by atoms with Crippen molar-refractivity contribution in [2.75, 3.05) is 0 Å². The molecular formula is C31H24N2. The van der Waals surface area contributed by atoms with Gasteiger partial charge in [-0.05, 0) is 84.1 Å². The Morgan fingerprint density at radius 1 is 0.545 bits per heavy atom. The summed E-state index contributed by atoms with van der Waals surface area (Å²) in [6, 6.07) is 35.1. The number of aromatic nitrogens is 2. The van der Waals surface area contributed by atoms with E-state index in [1.54, 1.807) is 0 Å². The largest absolute Gasteiger partial charge is 0.309 e. The first kappa shape index (κ1) is 19.5. The van der Waals surface area contributed by atoms with Crippen LogP contribution in [-0.4, -0.2) is 9.55 Å². The van der Waals surface area contributed by atoms with Crippen molar-refractivity contribution in [1.82, 2.24) is 9.55 Å². The third-order valence-corrected chi connectivity index (χ3v) is 6.33. The highest BCUT2D eigenvalue weighted by Gasteiger charge is 2.15. The van der Waals surface area contributed by atoms with Gasteiger partial charge in [-0.2, -0.15) is 0 Å². The summed E-state index contributed by atoms with van der Waals surface area (Å²) >= 11 is 0. The van der Waals surface area contributed by atoms with Crippen molar-refractivity contribution in [2.24, 2.45) is 0 Å². The average molecular weight is 425 g/mol. The smallest absolute Gasteiger partial charge is 0.0541 e. The van der Waals surface area contributed by atoms with Crippen LogP contribution in [0.15, 0.2) is 109 Å². The third-order valence-electron chi connectivity index (χ3n) is 6.33. The zero-order chi connectivity index (χ0) is 22.4. The molecule has 0 N–H and O–H groups in total. The molecular weight excluding hydrogens is 400 g/mol. The monoisotopic (exact) mass is 424 g/mol. The second kappa shape index (κ2) is 7.75. The zero-order valence-corrected chi connectivity index (χ0v) is 18.8. The molecule has 0 atom stereocenters. The molecule has 2 heterocycles. The van der Waals surface area contributed by atoms with Crippen LogP contribution in [0.3, 0.4) is 0 Å². The molecule has 4 aromatic carbocycles. The van der Waals surface area contributed by atoms with Gasteiger partial charge in [0, 0.05) is 34.4 Å². The Bertz CT molecular complexity index is 1490. The van der Waals surface area contributed by atoms with E-state index in [0.29, 0.717) is 0 Å². The van der Waals surface area contributed by atoms with Gasteiger partial charge in [-0.15, -0.1) is 0 Å². The second-order valence-electron chi connectivity index (χ2n) is 8.75. The SMILES string of the molecule is Cc1cc(C)cc(-n2c3ccc(-c4ccccc4)cc3c3cc(-c4cccnc4)ccc32)c1. The number of aryl methyl sites for hydroxylation is 2. The van der Waals surface area contributed by atoms with E-state index < -0.39 is 0 Å². The quantitative estimate of drug-likeness (QED) is 0.280. The fraction of sp³-hybridized carbons (Fsp3) is 0.0645. The maximum Gasteiger partial charge on any atom is 0.0541 e. The Hall–Kier alpha value is -4.17. The lowest BCUT2D eigenvalue weighted by atomic mass is 10.0. The molecule has 158 valence electrons. The zero-order valence-electron chi connectivity index (χ0n) is 18.8. The normalized spacial score (nSPS) is 11.3. The van der Waals surface area contributed by atoms with Crippen LogP contribution in [0, 0.1) is 13.8 Å². The first-order valence-electron chi connectivity index (χ1n) is 11.3. The van der Waals surface area contributed by atoms with Crippen molar-refractivity contribution in [3.8, 4) is 27.9 Å². The van der Waals surface area contributed by atoms with Gasteiger partial charge in [0.1, 0.15) is 0 Å². The average Bonchev–Trinajstić information content (AvgIpc) is 3.17. The van der Waals surface area contributed by atoms with Gasteiger partial charge < -0.3 is 4.57 Å². The Morgan fingerprint density at radius 3 is 1.76 bits per heavy atom. The molecule has 0 aliphatic rings. The van der Waals surface area contributed by atoms with E-state index in [1.807, 2.05) is 18.5 Å². The van der Waals surface area contributed by atoms with Gasteiger partial charge in [0.2, 0.25) is 0 Å². The van der Waals surface area contributed by atoms with Gasteiger partial charge in [-0.1, -0.05) is 54.6 Å². The van der Waals surface area contributed by atoms with Crippen molar-refractivity contribution in [3.05, 3.63) is 121 Å². The Kier molecular flexibility index (Phi) is 4.58. The molecule has 0 bridgehead atoms. The molecule has 6 rings (SSSR count). The summed E-state index contributed by atoms with van der Waals surface area (Å²) in [5.41, 5.74) is 11.0. The van der Waals surface area contributed by atoms with E-state index in [9.17, 15) is 0 Å². The standard InChI is InChI=1S/C31H24N2/c1-21-15-22(2)17-27(16-21)33-30-12-10-24(23-7-4-3-5-8-23)18-28(30)29-19-25(11-13-31(29)33)26-9-6-14-32-20-26/h3-20H,1-2H3. The summed E-state index contributed by atoms with van der Waals surface area (Å²) in [5, 5.41) is 2.51. The first-order chi connectivity index (χ1) is 16.2. The minimum Gasteiger partial charge on any atom is -0.309 e. The number of nitrogens with zero attached hydrogens (tertiary/aromatic N) is 2. The van der Waals surface area contributed by atoms with Gasteiger partial charge in [-0.25, -0.2) is 0 Å². The molecule has 0 unspecified atom stereocenters. The number of hydrogen-bond acceptors (Lipinski definition) is 1. The van der Waals surface area contributed by atoms with E-state index in [2.05, 4.69) is 114 Å². The van der Waals surface area contributed by atoms with Crippen LogP contribution in [0.2, 0.25) is 0 Å². The number of hydrogen-bond donors (Lipinski definition) is 0. The molecule has 0 spiro atoms. The lowest BCUT2D eigenvalue weighted by molar-refractivity contribution is 1.16. The summed E-state index contributed by atoms with van der Waals surface area (Å²) in [7, 11) is 0. The molecule has 2 aromatic heterocycles. The molecule has 0 fully saturated rings. The predicted octanol–water partition coefficient (Wildman–Crippen LogP) is 8.13. The van der Waals surface area contributed by atoms with Gasteiger partial charge in [-0.3, -0.25) is 4.98 Å². The molecule has 2 nitrogen and oxygen atoms in total. The Morgan fingerprint density at radius 2 is 1.15 bits per heavy atom. The molecule has 2 heteroatoms. The van der Waals surface area contributed by atoms with Crippen molar-refractivity contribution >= 4 is 21.8 Å². The Balaban J connectivity index is 1.68. The molecule has 0 aliphatic carbocycles. The van der Waals surface area contributed by atoms with Gasteiger partial charge in [0.25, 0.3) is 0 Å². The minimum absolute atomic E-state index is 1.13. The topological polar surface area (TPSA) is 17.8 Å². The van der Waals surface area contributed by atoms with E-state index in [0.717, 1.165) is 5.56 Å². The highest BCUT2D eigenvalue weighted by atomic mass is 15.0. The van der Waals surface area contributed by atoms with E-state index >= 15 is 0 Å². The maximum atomic E-state index is 4.32. The number of benzene rings is 4. The third kappa shape index (κ3) is 3.41. The molecule has 0 amide bonds. The molecule has 33 heavy (non-hydrogen) atoms. The minimum atomic E-state index is 1.13. The summed E-state index contributed by atoms with van der Waals surface area (Å²) in [4.78, 5) is 4.32. The summed E-state index contributed by atoms with van der Waals surface area (Å²) in [5.74, 6) is 0. The number of rotatable bonds is 3. The molecule has 0 saturated carbocycles. The van der Waals surface area contributed by atoms with Crippen LogP contribution in [0.25, 0.3) is 49.7 Å². The highest BCUT2D eigenvalue weighted by Crippen LogP contribution is 2.37. The van der Waals surface area contributed by atoms with E-state index in [4.69, 9.17) is 0 Å². The lowest BCUT2D eigenvalue weighted by Gasteiger charge is -2.11. The van der Waals surface area contributed by atoms with Crippen molar-refractivity contribution < 1.29 is 0 Å². The fourth-order valence-electron chi connectivity index (χ4n) is 4.90.